The van der Waals surface area contributed by atoms with Crippen LogP contribution in [0.3, 0.4) is 0 Å². The van der Waals surface area contributed by atoms with Crippen LogP contribution in [0.4, 0.5) is 0 Å². The van der Waals surface area contributed by atoms with Gasteiger partial charge in [-0.05, 0) is 55.4 Å². The highest BCUT2D eigenvalue weighted by Crippen LogP contribution is 2.17. The Morgan fingerprint density at radius 3 is 2.38 bits per heavy atom. The lowest BCUT2D eigenvalue weighted by Gasteiger charge is -2.10. The summed E-state index contributed by atoms with van der Waals surface area (Å²) >= 11 is 8.37. The summed E-state index contributed by atoms with van der Waals surface area (Å²) in [5.41, 5.74) is 8.48. The summed E-state index contributed by atoms with van der Waals surface area (Å²) in [5.74, 6) is -0.757. The van der Waals surface area contributed by atoms with Crippen LogP contribution in [-0.4, -0.2) is 16.9 Å². The van der Waals surface area contributed by atoms with Gasteiger partial charge in [0.1, 0.15) is 0 Å². The van der Waals surface area contributed by atoms with Crippen molar-refractivity contribution in [1.82, 2.24) is 16.2 Å². The molecule has 2 aromatic rings. The van der Waals surface area contributed by atoms with Gasteiger partial charge in [-0.3, -0.25) is 25.8 Å². The van der Waals surface area contributed by atoms with Gasteiger partial charge in [0.25, 0.3) is 5.91 Å². The van der Waals surface area contributed by atoms with Crippen LogP contribution in [-0.2, 0) is 4.79 Å². The van der Waals surface area contributed by atoms with Gasteiger partial charge >= 0.3 is 0 Å². The maximum atomic E-state index is 12.1. The minimum Gasteiger partial charge on any atom is -0.298 e. The van der Waals surface area contributed by atoms with E-state index in [0.717, 1.165) is 21.2 Å². The number of hydrogen-bond acceptors (Lipinski definition) is 3. The van der Waals surface area contributed by atoms with E-state index in [1.165, 1.54) is 6.08 Å². The number of carbonyl (C=O) groups excluding carboxylic acids is 2. The van der Waals surface area contributed by atoms with E-state index in [9.17, 15) is 9.59 Å². The Balaban J connectivity index is 1.82. The Hall–Kier alpha value is -2.51. The summed E-state index contributed by atoms with van der Waals surface area (Å²) in [7, 11) is 0. The number of hydrogen-bond donors (Lipinski definition) is 3. The van der Waals surface area contributed by atoms with E-state index in [2.05, 4.69) is 32.1 Å². The van der Waals surface area contributed by atoms with Crippen LogP contribution in [0, 0.1) is 13.8 Å². The Labute approximate surface area is 166 Å². The van der Waals surface area contributed by atoms with Crippen molar-refractivity contribution in [2.75, 3.05) is 0 Å². The van der Waals surface area contributed by atoms with Crippen molar-refractivity contribution in [2.24, 2.45) is 0 Å². The second-order valence-corrected chi connectivity index (χ2v) is 6.87. The summed E-state index contributed by atoms with van der Waals surface area (Å²) in [5, 5.41) is 2.46. The van der Waals surface area contributed by atoms with E-state index in [1.807, 2.05) is 44.2 Å². The zero-order chi connectivity index (χ0) is 19.1. The standard InChI is InChI=1S/C19H18BrN3O2S/c1-12-3-6-14(7-4-12)8-10-17(24)21-19(26)23-22-18(25)15-9-5-13(2)16(20)11-15/h3-11H,1-2H3,(H,22,25)(H2,21,23,24,26). The first-order chi connectivity index (χ1) is 12.3. The molecule has 0 aromatic heterocycles. The molecule has 0 aliphatic heterocycles. The van der Waals surface area contributed by atoms with Crippen LogP contribution in [0.5, 0.6) is 0 Å². The van der Waals surface area contributed by atoms with Gasteiger partial charge in [-0.15, -0.1) is 0 Å². The van der Waals surface area contributed by atoms with Crippen molar-refractivity contribution in [3.05, 3.63) is 75.3 Å². The third-order valence-electron chi connectivity index (χ3n) is 3.46. The molecule has 2 amide bonds. The van der Waals surface area contributed by atoms with E-state index in [-0.39, 0.29) is 11.0 Å². The number of hydrazine groups is 1. The van der Waals surface area contributed by atoms with Crippen molar-refractivity contribution >= 4 is 51.2 Å². The fourth-order valence-corrected chi connectivity index (χ4v) is 2.48. The van der Waals surface area contributed by atoms with Crippen LogP contribution in [0.1, 0.15) is 27.0 Å². The highest BCUT2D eigenvalue weighted by molar-refractivity contribution is 9.10. The van der Waals surface area contributed by atoms with E-state index in [0.29, 0.717) is 5.56 Å². The van der Waals surface area contributed by atoms with Crippen LogP contribution in [0.25, 0.3) is 6.08 Å². The Kier molecular flexibility index (Phi) is 7.06. The van der Waals surface area contributed by atoms with Gasteiger partial charge in [-0.25, -0.2) is 0 Å². The fraction of sp³-hybridized carbons (Fsp3) is 0.105. The predicted octanol–water partition coefficient (Wildman–Crippen LogP) is 3.41. The smallest absolute Gasteiger partial charge is 0.269 e. The second kappa shape index (κ2) is 9.26. The molecule has 0 spiro atoms. The molecule has 0 aliphatic rings. The van der Waals surface area contributed by atoms with Crippen molar-refractivity contribution < 1.29 is 9.59 Å². The average molecular weight is 432 g/mol. The Bertz CT molecular complexity index is 864. The zero-order valence-corrected chi connectivity index (χ0v) is 16.7. The lowest BCUT2D eigenvalue weighted by molar-refractivity contribution is -0.115. The summed E-state index contributed by atoms with van der Waals surface area (Å²) in [6.07, 6.45) is 3.05. The first-order valence-electron chi connectivity index (χ1n) is 7.77. The maximum Gasteiger partial charge on any atom is 0.269 e. The topological polar surface area (TPSA) is 70.2 Å². The molecule has 0 heterocycles. The van der Waals surface area contributed by atoms with Gasteiger partial charge < -0.3 is 0 Å². The number of nitrogens with one attached hydrogen (secondary N) is 3. The van der Waals surface area contributed by atoms with Gasteiger partial charge in [-0.1, -0.05) is 51.8 Å². The highest BCUT2D eigenvalue weighted by Gasteiger charge is 2.08. The van der Waals surface area contributed by atoms with Crippen molar-refractivity contribution in [3.8, 4) is 0 Å². The minimum absolute atomic E-state index is 0.00286. The Morgan fingerprint density at radius 1 is 1.04 bits per heavy atom. The Morgan fingerprint density at radius 2 is 1.73 bits per heavy atom. The predicted molar refractivity (Wildman–Crippen MR) is 110 cm³/mol. The molecule has 7 heteroatoms. The molecule has 26 heavy (non-hydrogen) atoms. The second-order valence-electron chi connectivity index (χ2n) is 5.61. The molecular formula is C19H18BrN3O2S. The molecule has 0 fully saturated rings. The molecule has 0 bridgehead atoms. The molecule has 0 radical (unpaired) electrons. The monoisotopic (exact) mass is 431 g/mol. The first-order valence-corrected chi connectivity index (χ1v) is 8.97. The number of halogens is 1. The van der Waals surface area contributed by atoms with Crippen molar-refractivity contribution in [1.29, 1.82) is 0 Å². The molecule has 134 valence electrons. The summed E-state index contributed by atoms with van der Waals surface area (Å²) in [4.78, 5) is 23.9. The van der Waals surface area contributed by atoms with E-state index in [4.69, 9.17) is 12.2 Å². The molecule has 5 nitrogen and oxygen atoms in total. The van der Waals surface area contributed by atoms with Crippen molar-refractivity contribution in [3.63, 3.8) is 0 Å². The lowest BCUT2D eigenvalue weighted by Crippen LogP contribution is -2.48. The normalized spacial score (nSPS) is 10.4. The molecule has 2 aromatic carbocycles. The van der Waals surface area contributed by atoms with Crippen LogP contribution in [0.15, 0.2) is 53.0 Å². The largest absolute Gasteiger partial charge is 0.298 e. The number of rotatable bonds is 3. The fourth-order valence-electron chi connectivity index (χ4n) is 1.95. The first kappa shape index (κ1) is 19.8. The molecule has 0 unspecified atom stereocenters. The number of benzene rings is 2. The molecule has 3 N–H and O–H groups in total. The zero-order valence-electron chi connectivity index (χ0n) is 14.3. The van der Waals surface area contributed by atoms with E-state index >= 15 is 0 Å². The van der Waals surface area contributed by atoms with E-state index < -0.39 is 5.91 Å². The number of aryl methyl sites for hydroxylation is 2. The van der Waals surface area contributed by atoms with Crippen LogP contribution >= 0.6 is 28.1 Å². The number of carbonyl (C=O) groups is 2. The third-order valence-corrected chi connectivity index (χ3v) is 4.52. The van der Waals surface area contributed by atoms with Crippen LogP contribution in [0.2, 0.25) is 0 Å². The summed E-state index contributed by atoms with van der Waals surface area (Å²) in [6, 6.07) is 13.0. The number of amides is 2. The number of thiocarbonyl (C=S) groups is 1. The summed E-state index contributed by atoms with van der Waals surface area (Å²) in [6.45, 7) is 3.92. The van der Waals surface area contributed by atoms with Gasteiger partial charge in [0, 0.05) is 16.1 Å². The van der Waals surface area contributed by atoms with Gasteiger partial charge in [-0.2, -0.15) is 0 Å². The third kappa shape index (κ3) is 6.09. The SMILES string of the molecule is Cc1ccc(C=CC(=O)NC(=S)NNC(=O)c2ccc(C)c(Br)c2)cc1. The molecule has 0 aliphatic carbocycles. The molecule has 0 atom stereocenters. The molecule has 0 saturated heterocycles. The maximum absolute atomic E-state index is 12.1. The molecule has 0 saturated carbocycles. The quantitative estimate of drug-likeness (QED) is 0.395. The van der Waals surface area contributed by atoms with Crippen LogP contribution < -0.4 is 16.2 Å². The average Bonchev–Trinajstić information content (AvgIpc) is 2.61. The van der Waals surface area contributed by atoms with Crippen molar-refractivity contribution in [2.45, 2.75) is 13.8 Å². The van der Waals surface area contributed by atoms with Gasteiger partial charge in [0.05, 0.1) is 0 Å². The molecule has 2 rings (SSSR count). The van der Waals surface area contributed by atoms with E-state index in [1.54, 1.807) is 18.2 Å². The molecular weight excluding hydrogens is 414 g/mol. The lowest BCUT2D eigenvalue weighted by atomic mass is 10.1. The summed E-state index contributed by atoms with van der Waals surface area (Å²) < 4.78 is 0.835. The van der Waals surface area contributed by atoms with Gasteiger partial charge in [0.2, 0.25) is 5.91 Å². The van der Waals surface area contributed by atoms with Gasteiger partial charge in [0.15, 0.2) is 5.11 Å². The minimum atomic E-state index is -0.393. The highest BCUT2D eigenvalue weighted by atomic mass is 79.9.